The second-order valence-electron chi connectivity index (χ2n) is 4.65. The van der Waals surface area contributed by atoms with Crippen LogP contribution < -0.4 is 22.1 Å². The van der Waals surface area contributed by atoms with Crippen LogP contribution in [0.15, 0.2) is 30.3 Å². The van der Waals surface area contributed by atoms with E-state index in [1.807, 2.05) is 30.3 Å². The highest BCUT2D eigenvalue weighted by atomic mass is 16.2. The van der Waals surface area contributed by atoms with Gasteiger partial charge in [-0.1, -0.05) is 30.3 Å². The summed E-state index contributed by atoms with van der Waals surface area (Å²) >= 11 is 0. The Balaban J connectivity index is 2.78. The van der Waals surface area contributed by atoms with Crippen molar-refractivity contribution in [3.05, 3.63) is 35.9 Å². The standard InChI is InChI=1S/C14H20N4O3/c1-9(13(16)20)17-14(21)11(18-12(19)8-15)7-10-5-3-2-4-6-10/h2-6,9,11H,7-8,15H2,1H3,(H2,16,20)(H,17,21)(H,18,19). The lowest BCUT2D eigenvalue weighted by atomic mass is 10.0. The van der Waals surface area contributed by atoms with Crippen molar-refractivity contribution in [2.24, 2.45) is 11.5 Å². The van der Waals surface area contributed by atoms with Gasteiger partial charge in [0, 0.05) is 6.42 Å². The molecule has 2 unspecified atom stereocenters. The molecule has 1 aromatic carbocycles. The molecule has 1 aromatic rings. The molecular formula is C14H20N4O3. The maximum absolute atomic E-state index is 12.1. The molecule has 0 aliphatic heterocycles. The Hall–Kier alpha value is -2.41. The van der Waals surface area contributed by atoms with Gasteiger partial charge in [-0.25, -0.2) is 0 Å². The number of nitrogens with one attached hydrogen (secondary N) is 2. The number of amides is 3. The van der Waals surface area contributed by atoms with Gasteiger partial charge < -0.3 is 22.1 Å². The lowest BCUT2D eigenvalue weighted by molar-refractivity contribution is -0.130. The van der Waals surface area contributed by atoms with Crippen molar-refractivity contribution in [3.8, 4) is 0 Å². The Kier molecular flexibility index (Phi) is 6.35. The number of rotatable bonds is 7. The van der Waals surface area contributed by atoms with E-state index in [0.29, 0.717) is 6.42 Å². The molecule has 0 radical (unpaired) electrons. The Labute approximate surface area is 123 Å². The van der Waals surface area contributed by atoms with Gasteiger partial charge in [0.1, 0.15) is 12.1 Å². The summed E-state index contributed by atoms with van der Waals surface area (Å²) in [4.78, 5) is 34.6. The third-order valence-electron chi connectivity index (χ3n) is 2.91. The molecule has 6 N–H and O–H groups in total. The zero-order valence-corrected chi connectivity index (χ0v) is 11.8. The van der Waals surface area contributed by atoms with Crippen molar-refractivity contribution < 1.29 is 14.4 Å². The van der Waals surface area contributed by atoms with Crippen LogP contribution in [-0.4, -0.2) is 36.3 Å². The van der Waals surface area contributed by atoms with Gasteiger partial charge >= 0.3 is 0 Å². The average Bonchev–Trinajstić information content (AvgIpc) is 2.47. The highest BCUT2D eigenvalue weighted by Gasteiger charge is 2.23. The lowest BCUT2D eigenvalue weighted by Crippen LogP contribution is -2.53. The van der Waals surface area contributed by atoms with Crippen LogP contribution in [0.4, 0.5) is 0 Å². The topological polar surface area (TPSA) is 127 Å². The molecule has 2 atom stereocenters. The zero-order valence-electron chi connectivity index (χ0n) is 11.8. The summed E-state index contributed by atoms with van der Waals surface area (Å²) in [6.45, 7) is 1.26. The van der Waals surface area contributed by atoms with E-state index < -0.39 is 29.8 Å². The molecule has 0 aliphatic carbocycles. The van der Waals surface area contributed by atoms with Gasteiger partial charge in [-0.15, -0.1) is 0 Å². The molecule has 1 rings (SSSR count). The van der Waals surface area contributed by atoms with Crippen molar-refractivity contribution in [3.63, 3.8) is 0 Å². The normalized spacial score (nSPS) is 13.0. The van der Waals surface area contributed by atoms with E-state index in [1.54, 1.807) is 0 Å². The fourth-order valence-electron chi connectivity index (χ4n) is 1.70. The highest BCUT2D eigenvalue weighted by molar-refractivity contribution is 5.91. The number of benzene rings is 1. The zero-order chi connectivity index (χ0) is 15.8. The largest absolute Gasteiger partial charge is 0.368 e. The third-order valence-corrected chi connectivity index (χ3v) is 2.91. The minimum absolute atomic E-state index is 0.218. The van der Waals surface area contributed by atoms with Crippen LogP contribution in [0.5, 0.6) is 0 Å². The fourth-order valence-corrected chi connectivity index (χ4v) is 1.70. The number of hydrogen-bond donors (Lipinski definition) is 4. The second kappa shape index (κ2) is 8.01. The minimum Gasteiger partial charge on any atom is -0.368 e. The van der Waals surface area contributed by atoms with Gasteiger partial charge in [0.25, 0.3) is 0 Å². The Morgan fingerprint density at radius 3 is 2.29 bits per heavy atom. The average molecular weight is 292 g/mol. The molecule has 114 valence electrons. The van der Waals surface area contributed by atoms with Gasteiger partial charge in [-0.05, 0) is 12.5 Å². The molecule has 7 nitrogen and oxygen atoms in total. The minimum atomic E-state index is -0.815. The maximum Gasteiger partial charge on any atom is 0.243 e. The number of carbonyl (C=O) groups excluding carboxylic acids is 3. The number of hydrogen-bond acceptors (Lipinski definition) is 4. The fraction of sp³-hybridized carbons (Fsp3) is 0.357. The van der Waals surface area contributed by atoms with E-state index in [2.05, 4.69) is 10.6 Å². The van der Waals surface area contributed by atoms with Crippen LogP contribution in [0.1, 0.15) is 12.5 Å². The Morgan fingerprint density at radius 1 is 1.14 bits per heavy atom. The molecule has 0 aliphatic rings. The van der Waals surface area contributed by atoms with Crippen LogP contribution >= 0.6 is 0 Å². The Morgan fingerprint density at radius 2 is 1.76 bits per heavy atom. The van der Waals surface area contributed by atoms with Gasteiger partial charge in [0.2, 0.25) is 17.7 Å². The first-order valence-electron chi connectivity index (χ1n) is 6.57. The van der Waals surface area contributed by atoms with Gasteiger partial charge in [-0.2, -0.15) is 0 Å². The third kappa shape index (κ3) is 5.62. The summed E-state index contributed by atoms with van der Waals surface area (Å²) in [5.74, 6) is -1.57. The Bertz CT molecular complexity index is 504. The number of primary amides is 1. The molecular weight excluding hydrogens is 272 g/mol. The van der Waals surface area contributed by atoms with E-state index >= 15 is 0 Å². The van der Waals surface area contributed by atoms with E-state index in [4.69, 9.17) is 11.5 Å². The number of nitrogens with two attached hydrogens (primary N) is 2. The van der Waals surface area contributed by atoms with Crippen LogP contribution in [0.25, 0.3) is 0 Å². The van der Waals surface area contributed by atoms with E-state index in [9.17, 15) is 14.4 Å². The molecule has 0 bridgehead atoms. The quantitative estimate of drug-likeness (QED) is 0.496. The summed E-state index contributed by atoms with van der Waals surface area (Å²) in [6, 6.07) is 7.57. The second-order valence-corrected chi connectivity index (χ2v) is 4.65. The van der Waals surface area contributed by atoms with Crippen molar-refractivity contribution in [2.45, 2.75) is 25.4 Å². The highest BCUT2D eigenvalue weighted by Crippen LogP contribution is 2.04. The first-order chi connectivity index (χ1) is 9.93. The molecule has 0 saturated heterocycles. The summed E-state index contributed by atoms with van der Waals surface area (Å²) in [6.07, 6.45) is 0.296. The predicted octanol–water partition coefficient (Wildman–Crippen LogP) is -1.34. The lowest BCUT2D eigenvalue weighted by Gasteiger charge is -2.20. The first-order valence-corrected chi connectivity index (χ1v) is 6.57. The van der Waals surface area contributed by atoms with Crippen molar-refractivity contribution in [2.75, 3.05) is 6.54 Å². The molecule has 0 spiro atoms. The molecule has 0 heterocycles. The maximum atomic E-state index is 12.1. The monoisotopic (exact) mass is 292 g/mol. The van der Waals surface area contributed by atoms with Crippen LogP contribution in [-0.2, 0) is 20.8 Å². The van der Waals surface area contributed by atoms with E-state index in [1.165, 1.54) is 6.92 Å². The molecule has 7 heteroatoms. The van der Waals surface area contributed by atoms with Crippen LogP contribution in [0, 0.1) is 0 Å². The SMILES string of the molecule is CC(NC(=O)C(Cc1ccccc1)NC(=O)CN)C(N)=O. The smallest absolute Gasteiger partial charge is 0.243 e. The molecule has 0 fully saturated rings. The van der Waals surface area contributed by atoms with Gasteiger partial charge in [0.05, 0.1) is 6.54 Å². The van der Waals surface area contributed by atoms with Crippen molar-refractivity contribution >= 4 is 17.7 Å². The summed E-state index contributed by atoms with van der Waals surface area (Å²) in [5, 5.41) is 4.99. The van der Waals surface area contributed by atoms with Crippen molar-refractivity contribution in [1.29, 1.82) is 0 Å². The van der Waals surface area contributed by atoms with Crippen molar-refractivity contribution in [1.82, 2.24) is 10.6 Å². The predicted molar refractivity (Wildman–Crippen MR) is 77.9 cm³/mol. The summed E-state index contributed by atoms with van der Waals surface area (Å²) < 4.78 is 0. The van der Waals surface area contributed by atoms with Gasteiger partial charge in [0.15, 0.2) is 0 Å². The van der Waals surface area contributed by atoms with E-state index in [0.717, 1.165) is 5.56 Å². The molecule has 21 heavy (non-hydrogen) atoms. The van der Waals surface area contributed by atoms with Gasteiger partial charge in [-0.3, -0.25) is 14.4 Å². The summed E-state index contributed by atoms with van der Waals surface area (Å²) in [7, 11) is 0. The molecule has 0 aromatic heterocycles. The summed E-state index contributed by atoms with van der Waals surface area (Å²) in [5.41, 5.74) is 11.2. The number of carbonyl (C=O) groups is 3. The van der Waals surface area contributed by atoms with Crippen LogP contribution in [0.3, 0.4) is 0 Å². The first kappa shape index (κ1) is 16.6. The van der Waals surface area contributed by atoms with E-state index in [-0.39, 0.29) is 6.54 Å². The van der Waals surface area contributed by atoms with Crippen LogP contribution in [0.2, 0.25) is 0 Å². The molecule has 0 saturated carbocycles. The molecule has 3 amide bonds.